The van der Waals surface area contributed by atoms with Gasteiger partial charge in [-0.25, -0.2) is 4.39 Å². The molecule has 1 amide bonds. The number of alkyl halides is 3. The zero-order valence-corrected chi connectivity index (χ0v) is 22.2. The highest BCUT2D eigenvalue weighted by Crippen LogP contribution is 2.50. The third kappa shape index (κ3) is 7.06. The van der Waals surface area contributed by atoms with Gasteiger partial charge in [0.1, 0.15) is 17.2 Å². The van der Waals surface area contributed by atoms with Crippen LogP contribution in [0.3, 0.4) is 0 Å². The van der Waals surface area contributed by atoms with Crippen LogP contribution in [-0.4, -0.2) is 30.8 Å². The van der Waals surface area contributed by atoms with Crippen molar-refractivity contribution >= 4 is 29.2 Å². The quantitative estimate of drug-likeness (QED) is 0.284. The molecule has 3 atom stereocenters. The molecule has 1 fully saturated rings. The maximum Gasteiger partial charge on any atom is 0.392 e. The van der Waals surface area contributed by atoms with Crippen molar-refractivity contribution in [2.75, 3.05) is 12.4 Å². The molecule has 3 rings (SSSR count). The number of methoxy groups -OCH3 is 1. The van der Waals surface area contributed by atoms with Crippen LogP contribution in [-0.2, 0) is 25.5 Å². The van der Waals surface area contributed by atoms with Gasteiger partial charge in [-0.3, -0.25) is 9.59 Å². The number of hydrogen-bond donors (Lipinski definition) is 1. The topological polar surface area (TPSA) is 64.6 Å². The van der Waals surface area contributed by atoms with Crippen LogP contribution in [0, 0.1) is 29.0 Å². The van der Waals surface area contributed by atoms with E-state index in [-0.39, 0.29) is 35.3 Å². The summed E-state index contributed by atoms with van der Waals surface area (Å²) in [6, 6.07) is 3.98. The highest BCUT2D eigenvalue weighted by molar-refractivity contribution is 6.31. The lowest BCUT2D eigenvalue weighted by molar-refractivity contribution is -0.188. The van der Waals surface area contributed by atoms with Gasteiger partial charge in [-0.2, -0.15) is 13.2 Å². The first-order chi connectivity index (χ1) is 17.1. The van der Waals surface area contributed by atoms with Gasteiger partial charge in [0.2, 0.25) is 5.91 Å². The summed E-state index contributed by atoms with van der Waals surface area (Å²) in [5.74, 6) is -6.40. The van der Waals surface area contributed by atoms with E-state index in [1.807, 2.05) is 0 Å². The number of benzene rings is 1. The number of carbonyl (C=O) groups is 2. The summed E-state index contributed by atoms with van der Waals surface area (Å²) in [4.78, 5) is 25.9. The number of anilines is 1. The largest absolute Gasteiger partial charge is 0.496 e. The first-order valence-electron chi connectivity index (χ1n) is 12.1. The minimum absolute atomic E-state index is 0.0884. The molecule has 2 aliphatic carbocycles. The molecule has 2 aliphatic rings. The molecule has 37 heavy (non-hydrogen) atoms. The molecule has 204 valence electrons. The van der Waals surface area contributed by atoms with Crippen molar-refractivity contribution in [2.24, 2.45) is 23.2 Å². The van der Waals surface area contributed by atoms with Gasteiger partial charge >= 0.3 is 12.1 Å². The van der Waals surface area contributed by atoms with Crippen molar-refractivity contribution < 1.29 is 36.6 Å². The van der Waals surface area contributed by atoms with Crippen molar-refractivity contribution in [1.82, 2.24) is 0 Å². The van der Waals surface area contributed by atoms with Crippen LogP contribution in [0.25, 0.3) is 0 Å². The average molecular weight is 546 g/mol. The van der Waals surface area contributed by atoms with Crippen LogP contribution >= 0.6 is 11.6 Å². The van der Waals surface area contributed by atoms with E-state index in [1.54, 1.807) is 20.8 Å². The molecule has 0 heterocycles. The molecule has 1 saturated carbocycles. The smallest absolute Gasteiger partial charge is 0.392 e. The number of hydrogen-bond acceptors (Lipinski definition) is 4. The van der Waals surface area contributed by atoms with Crippen molar-refractivity contribution in [3.63, 3.8) is 0 Å². The summed E-state index contributed by atoms with van der Waals surface area (Å²) in [6.45, 7) is 6.23. The molecule has 5 nitrogen and oxygen atoms in total. The lowest BCUT2D eigenvalue weighted by Crippen LogP contribution is -2.40. The van der Waals surface area contributed by atoms with Gasteiger partial charge in [0.15, 0.2) is 0 Å². The zero-order chi connectivity index (χ0) is 27.8. The monoisotopic (exact) mass is 545 g/mol. The van der Waals surface area contributed by atoms with E-state index in [9.17, 15) is 27.2 Å². The summed E-state index contributed by atoms with van der Waals surface area (Å²) in [5.41, 5.74) is -1.07. The third-order valence-corrected chi connectivity index (χ3v) is 7.07. The Hall–Kier alpha value is -2.55. The Bertz CT molecular complexity index is 1100. The molecule has 0 bridgehead atoms. The fourth-order valence-electron chi connectivity index (χ4n) is 4.47. The Morgan fingerprint density at radius 2 is 1.86 bits per heavy atom. The van der Waals surface area contributed by atoms with E-state index in [1.165, 1.54) is 31.4 Å². The minimum atomic E-state index is -4.67. The van der Waals surface area contributed by atoms with E-state index in [4.69, 9.17) is 21.1 Å². The first-order valence-corrected chi connectivity index (χ1v) is 12.5. The highest BCUT2D eigenvalue weighted by atomic mass is 35.5. The van der Waals surface area contributed by atoms with E-state index >= 15 is 0 Å². The van der Waals surface area contributed by atoms with Crippen LogP contribution in [0.15, 0.2) is 41.1 Å². The molecule has 1 N–H and O–H groups in total. The maximum atomic E-state index is 14.7. The van der Waals surface area contributed by atoms with Gasteiger partial charge in [-0.05, 0) is 76.1 Å². The van der Waals surface area contributed by atoms with E-state index in [0.717, 1.165) is 13.0 Å². The number of rotatable bonds is 8. The zero-order valence-electron chi connectivity index (χ0n) is 21.5. The average Bonchev–Trinajstić information content (AvgIpc) is 3.56. The lowest BCUT2D eigenvalue weighted by Gasteiger charge is -2.32. The number of halogens is 5. The second-order valence-electron chi connectivity index (χ2n) is 10.8. The molecular weight excluding hydrogens is 514 g/mol. The van der Waals surface area contributed by atoms with Crippen molar-refractivity contribution in [3.8, 4) is 0 Å². The number of nitrogens with one attached hydrogen (secondary N) is 1. The summed E-state index contributed by atoms with van der Waals surface area (Å²) in [6.07, 6.45) is -0.193. The molecule has 0 saturated heterocycles. The van der Waals surface area contributed by atoms with E-state index in [0.29, 0.717) is 18.4 Å². The molecule has 0 aliphatic heterocycles. The lowest BCUT2D eigenvalue weighted by atomic mass is 9.77. The summed E-state index contributed by atoms with van der Waals surface area (Å²) >= 11 is 6.05. The number of ether oxygens (including phenoxy) is 2. The highest BCUT2D eigenvalue weighted by Gasteiger charge is 2.52. The third-order valence-electron chi connectivity index (χ3n) is 6.73. The molecule has 0 aromatic heterocycles. The molecule has 10 heteroatoms. The van der Waals surface area contributed by atoms with Crippen LogP contribution in [0.2, 0.25) is 0 Å². The normalized spacial score (nSPS) is 20.8. The Morgan fingerprint density at radius 1 is 1.22 bits per heavy atom. The van der Waals surface area contributed by atoms with Gasteiger partial charge in [0, 0.05) is 0 Å². The Morgan fingerprint density at radius 3 is 2.41 bits per heavy atom. The van der Waals surface area contributed by atoms with Gasteiger partial charge < -0.3 is 14.8 Å². The standard InChI is InChI=1S/C27H32ClF4NO4/c1-15(27(30,31)32)22(17-7-8-18(28)21(13-17)36-5)23(34)33-20-12-16(6-9-19(20)29)14-26(10-11-26)24(35)37-25(2,3)4/h6,8-9,12-13,15,17,22H,7,10-11,14H2,1-5H3,(H,33,34)/t15-,17?,22+/m1/s1. The second-order valence-corrected chi connectivity index (χ2v) is 11.2. The maximum absolute atomic E-state index is 14.7. The van der Waals surface area contributed by atoms with Crippen LogP contribution in [0.4, 0.5) is 23.2 Å². The van der Waals surface area contributed by atoms with Gasteiger partial charge in [-0.1, -0.05) is 30.7 Å². The van der Waals surface area contributed by atoms with Crippen LogP contribution in [0.1, 0.15) is 52.5 Å². The van der Waals surface area contributed by atoms with Crippen molar-refractivity contribution in [2.45, 2.75) is 65.2 Å². The van der Waals surface area contributed by atoms with Crippen LogP contribution < -0.4 is 5.32 Å². The molecule has 0 spiro atoms. The number of carbonyl (C=O) groups excluding carboxylic acids is 2. The van der Waals surface area contributed by atoms with Gasteiger partial charge in [0.25, 0.3) is 0 Å². The molecule has 1 aromatic rings. The van der Waals surface area contributed by atoms with Gasteiger partial charge in [0.05, 0.1) is 35.1 Å². The van der Waals surface area contributed by atoms with Crippen molar-refractivity contribution in [1.29, 1.82) is 0 Å². The minimum Gasteiger partial charge on any atom is -0.496 e. The fourth-order valence-corrected chi connectivity index (χ4v) is 4.70. The molecule has 1 unspecified atom stereocenters. The summed E-state index contributed by atoms with van der Waals surface area (Å²) in [7, 11) is 1.33. The van der Waals surface area contributed by atoms with E-state index < -0.39 is 46.7 Å². The van der Waals surface area contributed by atoms with Gasteiger partial charge in [-0.15, -0.1) is 0 Å². The summed E-state index contributed by atoms with van der Waals surface area (Å²) in [5, 5.41) is 2.61. The summed E-state index contributed by atoms with van der Waals surface area (Å²) < 4.78 is 66.6. The number of esters is 1. The first kappa shape index (κ1) is 29.0. The predicted molar refractivity (Wildman–Crippen MR) is 132 cm³/mol. The number of allylic oxidation sites excluding steroid dienone is 3. The Kier molecular flexibility index (Phi) is 8.37. The fraction of sp³-hybridized carbons (Fsp3) is 0.556. The number of amides is 1. The molecular formula is C27H32ClF4NO4. The molecule has 1 aromatic carbocycles. The van der Waals surface area contributed by atoms with Crippen LogP contribution in [0.5, 0.6) is 0 Å². The Labute approximate surface area is 219 Å². The molecule has 0 radical (unpaired) electrons. The Balaban J connectivity index is 1.84. The predicted octanol–water partition coefficient (Wildman–Crippen LogP) is 6.92. The SMILES string of the molecule is COC1=CC([C@@H](C(=O)Nc2cc(CC3(C(=O)OC(C)(C)C)CC3)ccc2F)[C@@H](C)C(F)(F)F)CC=C1Cl. The van der Waals surface area contributed by atoms with Crippen molar-refractivity contribution in [3.05, 3.63) is 52.5 Å². The van der Waals surface area contributed by atoms with E-state index in [2.05, 4.69) is 5.32 Å². The second kappa shape index (κ2) is 10.7.